The Labute approximate surface area is 197 Å². The van der Waals surface area contributed by atoms with Crippen molar-refractivity contribution in [1.29, 1.82) is 0 Å². The van der Waals surface area contributed by atoms with Gasteiger partial charge in [-0.25, -0.2) is 9.98 Å². The second-order valence-corrected chi connectivity index (χ2v) is 8.10. The zero-order valence-corrected chi connectivity index (χ0v) is 20.3. The standard InChI is InChI=1S/C22H34N4O3.HI/c1-2-23-22(26-11-13-28-20(16-26)19-8-5-12-27-19)25-15-17-9-10-24-21(14-17)29-18-6-3-4-7-18;/h9-10,14,18-20H,2-8,11-13,15-16H2,1H3,(H,23,25);1H. The third-order valence-corrected chi connectivity index (χ3v) is 5.91. The van der Waals surface area contributed by atoms with Crippen LogP contribution in [0.1, 0.15) is 51.0 Å². The molecule has 3 heterocycles. The molecule has 30 heavy (non-hydrogen) atoms. The number of rotatable bonds is 6. The number of ether oxygens (including phenoxy) is 3. The molecule has 2 unspecified atom stereocenters. The number of aliphatic imine (C=N–C) groups is 1. The maximum atomic E-state index is 6.04. The van der Waals surface area contributed by atoms with Gasteiger partial charge in [0.25, 0.3) is 0 Å². The lowest BCUT2D eigenvalue weighted by molar-refractivity contribution is -0.0817. The summed E-state index contributed by atoms with van der Waals surface area (Å²) in [4.78, 5) is 11.6. The minimum atomic E-state index is 0. The summed E-state index contributed by atoms with van der Waals surface area (Å²) in [5.41, 5.74) is 1.12. The monoisotopic (exact) mass is 530 g/mol. The predicted octanol–water partition coefficient (Wildman–Crippen LogP) is 3.37. The number of guanidine groups is 1. The first-order chi connectivity index (χ1) is 14.3. The Morgan fingerprint density at radius 3 is 2.80 bits per heavy atom. The van der Waals surface area contributed by atoms with Gasteiger partial charge in [-0.05, 0) is 57.1 Å². The quantitative estimate of drug-likeness (QED) is 0.346. The van der Waals surface area contributed by atoms with E-state index in [0.717, 1.165) is 69.3 Å². The molecule has 1 aromatic heterocycles. The number of morpholine rings is 1. The van der Waals surface area contributed by atoms with E-state index in [0.29, 0.717) is 19.3 Å². The summed E-state index contributed by atoms with van der Waals surface area (Å²) in [5.74, 6) is 1.66. The van der Waals surface area contributed by atoms with E-state index in [9.17, 15) is 0 Å². The highest BCUT2D eigenvalue weighted by Crippen LogP contribution is 2.24. The molecule has 168 valence electrons. The van der Waals surface area contributed by atoms with Gasteiger partial charge in [0.05, 0.1) is 19.3 Å². The first kappa shape index (κ1) is 23.5. The van der Waals surface area contributed by atoms with Crippen LogP contribution in [0.5, 0.6) is 5.88 Å². The topological polar surface area (TPSA) is 68.2 Å². The highest BCUT2D eigenvalue weighted by Gasteiger charge is 2.32. The first-order valence-electron chi connectivity index (χ1n) is 11.2. The molecule has 4 rings (SSSR count). The molecule has 1 aliphatic carbocycles. The smallest absolute Gasteiger partial charge is 0.213 e. The van der Waals surface area contributed by atoms with Crippen LogP contribution in [-0.2, 0) is 16.0 Å². The average Bonchev–Trinajstić information content (AvgIpc) is 3.46. The Morgan fingerprint density at radius 1 is 1.20 bits per heavy atom. The number of nitrogens with zero attached hydrogens (tertiary/aromatic N) is 3. The largest absolute Gasteiger partial charge is 0.474 e. The molecule has 7 nitrogen and oxygen atoms in total. The SMILES string of the molecule is CCNC(=NCc1ccnc(OC2CCCC2)c1)N1CCOC(C2CCCO2)C1.I. The van der Waals surface area contributed by atoms with E-state index in [1.165, 1.54) is 12.8 Å². The molecule has 1 saturated carbocycles. The van der Waals surface area contributed by atoms with Crippen molar-refractivity contribution in [3.63, 3.8) is 0 Å². The molecular formula is C22H35IN4O3. The van der Waals surface area contributed by atoms with Gasteiger partial charge in [-0.1, -0.05) is 0 Å². The van der Waals surface area contributed by atoms with Crippen molar-refractivity contribution in [3.05, 3.63) is 23.9 Å². The highest BCUT2D eigenvalue weighted by molar-refractivity contribution is 14.0. The van der Waals surface area contributed by atoms with Crippen molar-refractivity contribution in [3.8, 4) is 5.88 Å². The summed E-state index contributed by atoms with van der Waals surface area (Å²) in [5, 5.41) is 3.44. The molecule has 2 saturated heterocycles. The number of pyridine rings is 1. The molecule has 1 aromatic rings. The summed E-state index contributed by atoms with van der Waals surface area (Å²) in [6.07, 6.45) is 9.50. The average molecular weight is 530 g/mol. The predicted molar refractivity (Wildman–Crippen MR) is 128 cm³/mol. The van der Waals surface area contributed by atoms with Crippen molar-refractivity contribution in [2.75, 3.05) is 32.8 Å². The van der Waals surface area contributed by atoms with E-state index < -0.39 is 0 Å². The zero-order chi connectivity index (χ0) is 19.9. The third-order valence-electron chi connectivity index (χ3n) is 5.91. The molecule has 3 fully saturated rings. The maximum absolute atomic E-state index is 6.04. The second-order valence-electron chi connectivity index (χ2n) is 8.10. The summed E-state index contributed by atoms with van der Waals surface area (Å²) in [7, 11) is 0. The first-order valence-corrected chi connectivity index (χ1v) is 11.2. The fourth-order valence-electron chi connectivity index (χ4n) is 4.37. The molecule has 0 aromatic carbocycles. The summed E-state index contributed by atoms with van der Waals surface area (Å²) in [6.45, 7) is 6.79. The van der Waals surface area contributed by atoms with Crippen LogP contribution in [-0.4, -0.2) is 67.0 Å². The molecule has 2 atom stereocenters. The van der Waals surface area contributed by atoms with Gasteiger partial charge in [0, 0.05) is 38.5 Å². The molecule has 2 aliphatic heterocycles. The van der Waals surface area contributed by atoms with Crippen molar-refractivity contribution in [2.24, 2.45) is 4.99 Å². The highest BCUT2D eigenvalue weighted by atomic mass is 127. The minimum Gasteiger partial charge on any atom is -0.474 e. The third kappa shape index (κ3) is 6.43. The number of nitrogens with one attached hydrogen (secondary N) is 1. The number of aromatic nitrogens is 1. The van der Waals surface area contributed by atoms with E-state index in [2.05, 4.69) is 22.1 Å². The Balaban J connectivity index is 0.00000256. The van der Waals surface area contributed by atoms with Crippen LogP contribution in [0.4, 0.5) is 0 Å². The summed E-state index contributed by atoms with van der Waals surface area (Å²) in [6, 6.07) is 4.04. The van der Waals surface area contributed by atoms with Gasteiger partial charge in [-0.3, -0.25) is 0 Å². The molecule has 0 bridgehead atoms. The van der Waals surface area contributed by atoms with E-state index in [-0.39, 0.29) is 36.2 Å². The minimum absolute atomic E-state index is 0. The normalized spacial score (nSPS) is 25.2. The number of halogens is 1. The Bertz CT molecular complexity index is 678. The van der Waals surface area contributed by atoms with Gasteiger partial charge in [0.2, 0.25) is 5.88 Å². The van der Waals surface area contributed by atoms with Crippen LogP contribution in [0.25, 0.3) is 0 Å². The molecule has 0 radical (unpaired) electrons. The molecule has 0 spiro atoms. The van der Waals surface area contributed by atoms with Crippen molar-refractivity contribution in [2.45, 2.75) is 70.3 Å². The fraction of sp³-hybridized carbons (Fsp3) is 0.727. The van der Waals surface area contributed by atoms with Gasteiger partial charge in [0.1, 0.15) is 12.2 Å². The fourth-order valence-corrected chi connectivity index (χ4v) is 4.37. The van der Waals surface area contributed by atoms with Gasteiger partial charge in [-0.2, -0.15) is 0 Å². The Kier molecular flexibility index (Phi) is 9.45. The van der Waals surface area contributed by atoms with Gasteiger partial charge >= 0.3 is 0 Å². The van der Waals surface area contributed by atoms with E-state index in [1.807, 2.05) is 18.3 Å². The lowest BCUT2D eigenvalue weighted by Gasteiger charge is -2.37. The molecule has 0 amide bonds. The summed E-state index contributed by atoms with van der Waals surface area (Å²) < 4.78 is 17.9. The van der Waals surface area contributed by atoms with Crippen molar-refractivity contribution < 1.29 is 14.2 Å². The zero-order valence-electron chi connectivity index (χ0n) is 17.9. The van der Waals surface area contributed by atoms with Gasteiger partial charge < -0.3 is 24.4 Å². The Morgan fingerprint density at radius 2 is 2.03 bits per heavy atom. The molecule has 1 N–H and O–H groups in total. The van der Waals surface area contributed by atoms with Gasteiger partial charge in [0.15, 0.2) is 5.96 Å². The Hall–Kier alpha value is -1.13. The van der Waals surface area contributed by atoms with Crippen LogP contribution in [0.15, 0.2) is 23.3 Å². The van der Waals surface area contributed by atoms with Crippen LogP contribution in [0, 0.1) is 0 Å². The molecular weight excluding hydrogens is 495 g/mol. The van der Waals surface area contributed by atoms with Crippen LogP contribution >= 0.6 is 24.0 Å². The van der Waals surface area contributed by atoms with E-state index >= 15 is 0 Å². The number of hydrogen-bond acceptors (Lipinski definition) is 5. The lowest BCUT2D eigenvalue weighted by Crippen LogP contribution is -2.53. The second kappa shape index (κ2) is 12.0. The maximum Gasteiger partial charge on any atom is 0.213 e. The van der Waals surface area contributed by atoms with E-state index in [4.69, 9.17) is 19.2 Å². The molecule has 3 aliphatic rings. The van der Waals surface area contributed by atoms with Crippen molar-refractivity contribution in [1.82, 2.24) is 15.2 Å². The van der Waals surface area contributed by atoms with Gasteiger partial charge in [-0.15, -0.1) is 24.0 Å². The van der Waals surface area contributed by atoms with Crippen LogP contribution in [0.3, 0.4) is 0 Å². The molecule has 8 heteroatoms. The lowest BCUT2D eigenvalue weighted by atomic mass is 10.1. The van der Waals surface area contributed by atoms with Crippen LogP contribution in [0.2, 0.25) is 0 Å². The van der Waals surface area contributed by atoms with Crippen LogP contribution < -0.4 is 10.1 Å². The summed E-state index contributed by atoms with van der Waals surface area (Å²) >= 11 is 0. The van der Waals surface area contributed by atoms with Crippen molar-refractivity contribution >= 4 is 29.9 Å². The number of hydrogen-bond donors (Lipinski definition) is 1. The van der Waals surface area contributed by atoms with E-state index in [1.54, 1.807) is 0 Å².